The Morgan fingerprint density at radius 3 is 2.79 bits per heavy atom. The second-order valence-corrected chi connectivity index (χ2v) is 3.40. The maximum atomic E-state index is 5.46. The quantitative estimate of drug-likeness (QED) is 0.341. The van der Waals surface area contributed by atoms with E-state index < -0.39 is 0 Å². The van der Waals surface area contributed by atoms with Gasteiger partial charge in [0.2, 0.25) is 5.96 Å². The highest BCUT2D eigenvalue weighted by molar-refractivity contribution is 5.82. The van der Waals surface area contributed by atoms with Crippen LogP contribution in [-0.4, -0.2) is 25.4 Å². The second kappa shape index (κ2) is 7.61. The van der Waals surface area contributed by atoms with Crippen LogP contribution < -0.4 is 20.9 Å². The predicted molar refractivity (Wildman–Crippen MR) is 75.3 cm³/mol. The van der Waals surface area contributed by atoms with Gasteiger partial charge >= 0.3 is 0 Å². The molecule has 0 saturated heterocycles. The number of hydrogen-bond donors (Lipinski definition) is 2. The Labute approximate surface area is 112 Å². The van der Waals surface area contributed by atoms with Crippen molar-refractivity contribution in [2.24, 2.45) is 21.7 Å². The van der Waals surface area contributed by atoms with Crippen molar-refractivity contribution < 1.29 is 9.47 Å². The fraction of sp³-hybridized carbons (Fsp3) is 0.231. The molecule has 0 fully saturated rings. The predicted octanol–water partition coefficient (Wildman–Crippen LogP) is 0.705. The molecule has 0 heterocycles. The Morgan fingerprint density at radius 2 is 2.16 bits per heavy atom. The van der Waals surface area contributed by atoms with Gasteiger partial charge in [-0.25, -0.2) is 0 Å². The van der Waals surface area contributed by atoms with E-state index >= 15 is 0 Å². The number of rotatable bonds is 6. The van der Waals surface area contributed by atoms with Crippen molar-refractivity contribution in [2.45, 2.75) is 6.92 Å². The van der Waals surface area contributed by atoms with Gasteiger partial charge in [0.15, 0.2) is 11.5 Å². The summed E-state index contributed by atoms with van der Waals surface area (Å²) >= 11 is 0. The fourth-order valence-electron chi connectivity index (χ4n) is 1.27. The molecule has 0 amide bonds. The normalized spacial score (nSPS) is 9.89. The molecule has 1 aromatic carbocycles. The highest BCUT2D eigenvalue weighted by atomic mass is 16.5. The molecule has 1 rings (SSSR count). The summed E-state index contributed by atoms with van der Waals surface area (Å²) in [6.07, 6.45) is 6.66. The zero-order valence-corrected chi connectivity index (χ0v) is 10.7. The Hall–Kier alpha value is -2.68. The van der Waals surface area contributed by atoms with Crippen molar-refractivity contribution in [3.63, 3.8) is 0 Å². The van der Waals surface area contributed by atoms with Crippen LogP contribution in [0, 0.1) is 12.3 Å². The van der Waals surface area contributed by atoms with Crippen LogP contribution in [0.3, 0.4) is 0 Å². The Morgan fingerprint density at radius 1 is 1.37 bits per heavy atom. The molecule has 6 nitrogen and oxygen atoms in total. The van der Waals surface area contributed by atoms with Crippen molar-refractivity contribution >= 4 is 12.2 Å². The Kier molecular flexibility index (Phi) is 5.76. The van der Waals surface area contributed by atoms with E-state index in [9.17, 15) is 0 Å². The van der Waals surface area contributed by atoms with Gasteiger partial charge < -0.3 is 20.9 Å². The standard InChI is InChI=1S/C13H16N4O2/c1-3-7-19-11-6-5-10(8-12(11)18-4-2)9-16-17-13(14)15/h1,5-6,8-9H,4,7H2,2H3,(H4,14,15,17)/b16-9-. The average molecular weight is 260 g/mol. The fourth-order valence-corrected chi connectivity index (χ4v) is 1.27. The van der Waals surface area contributed by atoms with E-state index in [1.165, 1.54) is 6.21 Å². The average Bonchev–Trinajstić information content (AvgIpc) is 2.38. The van der Waals surface area contributed by atoms with E-state index in [-0.39, 0.29) is 12.6 Å². The van der Waals surface area contributed by atoms with E-state index in [1.54, 1.807) is 18.2 Å². The largest absolute Gasteiger partial charge is 0.490 e. The smallest absolute Gasteiger partial charge is 0.211 e. The number of benzene rings is 1. The SMILES string of the molecule is C#CCOc1ccc(/C=N\N=C(N)N)cc1OCC. The second-order valence-electron chi connectivity index (χ2n) is 3.40. The van der Waals surface area contributed by atoms with E-state index in [4.69, 9.17) is 27.4 Å². The van der Waals surface area contributed by atoms with Crippen LogP contribution in [0.5, 0.6) is 11.5 Å². The van der Waals surface area contributed by atoms with Gasteiger partial charge in [-0.2, -0.15) is 5.10 Å². The summed E-state index contributed by atoms with van der Waals surface area (Å²) in [7, 11) is 0. The van der Waals surface area contributed by atoms with Crippen LogP contribution in [0.4, 0.5) is 0 Å². The highest BCUT2D eigenvalue weighted by Crippen LogP contribution is 2.27. The lowest BCUT2D eigenvalue weighted by molar-refractivity contribution is 0.299. The van der Waals surface area contributed by atoms with Crippen molar-refractivity contribution in [1.29, 1.82) is 0 Å². The van der Waals surface area contributed by atoms with Crippen LogP contribution in [0.2, 0.25) is 0 Å². The first kappa shape index (κ1) is 14.4. The lowest BCUT2D eigenvalue weighted by atomic mass is 10.2. The minimum absolute atomic E-state index is 0.102. The van der Waals surface area contributed by atoms with E-state index in [0.29, 0.717) is 18.1 Å². The number of hydrogen-bond acceptors (Lipinski definition) is 4. The number of terminal acetylenes is 1. The molecule has 4 N–H and O–H groups in total. The summed E-state index contributed by atoms with van der Waals surface area (Å²) in [6, 6.07) is 5.31. The molecule has 0 aliphatic carbocycles. The molecule has 0 radical (unpaired) electrons. The van der Waals surface area contributed by atoms with Crippen molar-refractivity contribution in [3.05, 3.63) is 23.8 Å². The first-order valence-electron chi connectivity index (χ1n) is 5.62. The summed E-state index contributed by atoms with van der Waals surface area (Å²) in [6.45, 7) is 2.58. The number of nitrogens with zero attached hydrogens (tertiary/aromatic N) is 2. The van der Waals surface area contributed by atoms with E-state index in [0.717, 1.165) is 5.56 Å². The summed E-state index contributed by atoms with van der Waals surface area (Å²) in [5.41, 5.74) is 11.1. The van der Waals surface area contributed by atoms with Crippen LogP contribution in [0.1, 0.15) is 12.5 Å². The molecule has 0 bridgehead atoms. The third-order valence-electron chi connectivity index (χ3n) is 1.96. The maximum Gasteiger partial charge on any atom is 0.211 e. The molecule has 0 saturated carbocycles. The summed E-state index contributed by atoms with van der Waals surface area (Å²) in [4.78, 5) is 0. The van der Waals surface area contributed by atoms with Crippen LogP contribution in [0.15, 0.2) is 28.4 Å². The summed E-state index contributed by atoms with van der Waals surface area (Å²) in [5, 5.41) is 7.23. The van der Waals surface area contributed by atoms with Gasteiger partial charge in [0.1, 0.15) is 6.61 Å². The summed E-state index contributed by atoms with van der Waals surface area (Å²) < 4.78 is 10.8. The third kappa shape index (κ3) is 5.00. The zero-order chi connectivity index (χ0) is 14.1. The molecule has 0 aliphatic rings. The van der Waals surface area contributed by atoms with Gasteiger partial charge in [0, 0.05) is 0 Å². The molecule has 1 aromatic rings. The third-order valence-corrected chi connectivity index (χ3v) is 1.96. The molecule has 0 unspecified atom stereocenters. The molecule has 19 heavy (non-hydrogen) atoms. The number of ether oxygens (including phenoxy) is 2. The number of guanidine groups is 1. The van der Waals surface area contributed by atoms with Gasteiger partial charge in [-0.15, -0.1) is 11.5 Å². The molecule has 0 aromatic heterocycles. The van der Waals surface area contributed by atoms with Crippen LogP contribution >= 0.6 is 0 Å². The lowest BCUT2D eigenvalue weighted by Gasteiger charge is -2.10. The molecule has 0 aliphatic heterocycles. The monoisotopic (exact) mass is 260 g/mol. The lowest BCUT2D eigenvalue weighted by Crippen LogP contribution is -2.21. The Bertz CT molecular complexity index is 514. The van der Waals surface area contributed by atoms with Gasteiger partial charge in [-0.05, 0) is 30.7 Å². The van der Waals surface area contributed by atoms with Crippen molar-refractivity contribution in [1.82, 2.24) is 0 Å². The van der Waals surface area contributed by atoms with Crippen molar-refractivity contribution in [3.8, 4) is 23.8 Å². The Balaban J connectivity index is 2.92. The van der Waals surface area contributed by atoms with Gasteiger partial charge in [-0.3, -0.25) is 0 Å². The molecule has 0 spiro atoms. The minimum atomic E-state index is -0.102. The van der Waals surface area contributed by atoms with Crippen LogP contribution in [0.25, 0.3) is 0 Å². The number of nitrogens with two attached hydrogens (primary N) is 2. The van der Waals surface area contributed by atoms with Crippen molar-refractivity contribution in [2.75, 3.05) is 13.2 Å². The maximum absolute atomic E-state index is 5.46. The molecule has 0 atom stereocenters. The molecular formula is C13H16N4O2. The first-order chi connectivity index (χ1) is 9.17. The topological polar surface area (TPSA) is 95.2 Å². The zero-order valence-electron chi connectivity index (χ0n) is 10.7. The molecular weight excluding hydrogens is 244 g/mol. The summed E-state index contributed by atoms with van der Waals surface area (Å²) in [5.74, 6) is 3.47. The van der Waals surface area contributed by atoms with E-state index in [2.05, 4.69) is 16.1 Å². The van der Waals surface area contributed by atoms with Gasteiger partial charge in [0.25, 0.3) is 0 Å². The molecule has 6 heteroatoms. The first-order valence-corrected chi connectivity index (χ1v) is 5.62. The van der Waals surface area contributed by atoms with Crippen LogP contribution in [-0.2, 0) is 0 Å². The highest BCUT2D eigenvalue weighted by Gasteiger charge is 2.05. The van der Waals surface area contributed by atoms with Gasteiger partial charge in [-0.1, -0.05) is 5.92 Å². The van der Waals surface area contributed by atoms with Gasteiger partial charge in [0.05, 0.1) is 12.8 Å². The molecule has 100 valence electrons. The van der Waals surface area contributed by atoms with E-state index in [1.807, 2.05) is 6.92 Å². The minimum Gasteiger partial charge on any atom is -0.490 e.